The van der Waals surface area contributed by atoms with Gasteiger partial charge in [-0.25, -0.2) is 9.59 Å². The van der Waals surface area contributed by atoms with Crippen LogP contribution in [-0.4, -0.2) is 51.1 Å². The second-order valence-electron chi connectivity index (χ2n) is 5.60. The van der Waals surface area contributed by atoms with Crippen LogP contribution in [0.1, 0.15) is 33.2 Å². The van der Waals surface area contributed by atoms with Gasteiger partial charge in [0.2, 0.25) is 5.91 Å². The number of hydrogen-bond donors (Lipinski definition) is 0. The van der Waals surface area contributed by atoms with Crippen LogP contribution in [0.4, 0.5) is 0 Å². The number of benzene rings is 2. The van der Waals surface area contributed by atoms with Gasteiger partial charge in [-0.1, -0.05) is 48.0 Å². The SMILES string of the molecule is CC(=O)N(C)C.COC(=O)c1ccccc1C(=O)OC.Cc1ccccc1. The van der Waals surface area contributed by atoms with Crippen LogP contribution in [0.3, 0.4) is 0 Å². The summed E-state index contributed by atoms with van der Waals surface area (Å²) in [4.78, 5) is 34.0. The van der Waals surface area contributed by atoms with E-state index in [2.05, 4.69) is 28.5 Å². The fraction of sp³-hybridized carbons (Fsp3) is 0.286. The average molecular weight is 373 g/mol. The smallest absolute Gasteiger partial charge is 0.338 e. The molecule has 146 valence electrons. The second-order valence-corrected chi connectivity index (χ2v) is 5.60. The molecule has 0 N–H and O–H groups in total. The monoisotopic (exact) mass is 373 g/mol. The summed E-state index contributed by atoms with van der Waals surface area (Å²) in [6, 6.07) is 16.6. The standard InChI is InChI=1S/C10H10O4.C7H8.C4H9NO/c1-13-9(11)7-5-3-4-6-8(7)10(12)14-2;1-7-5-3-2-4-6-7;1-4(6)5(2)3/h3-6H,1-2H3;2-6H,1H3;1-3H3. The van der Waals surface area contributed by atoms with Gasteiger partial charge in [0.25, 0.3) is 0 Å². The lowest BCUT2D eigenvalue weighted by molar-refractivity contribution is -0.126. The summed E-state index contributed by atoms with van der Waals surface area (Å²) in [5.41, 5.74) is 1.74. The molecule has 6 heteroatoms. The Morgan fingerprint density at radius 3 is 1.30 bits per heavy atom. The van der Waals surface area contributed by atoms with E-state index in [4.69, 9.17) is 0 Å². The van der Waals surface area contributed by atoms with Gasteiger partial charge in [0, 0.05) is 21.0 Å². The lowest BCUT2D eigenvalue weighted by Gasteiger charge is -2.04. The summed E-state index contributed by atoms with van der Waals surface area (Å²) in [6.07, 6.45) is 0. The van der Waals surface area contributed by atoms with Crippen molar-refractivity contribution in [1.29, 1.82) is 0 Å². The number of hydrogen-bond acceptors (Lipinski definition) is 5. The number of methoxy groups -OCH3 is 2. The Balaban J connectivity index is 0.000000433. The zero-order valence-electron chi connectivity index (χ0n) is 16.7. The molecule has 6 nitrogen and oxygen atoms in total. The molecule has 0 aliphatic rings. The van der Waals surface area contributed by atoms with E-state index in [0.717, 1.165) is 0 Å². The zero-order chi connectivity index (χ0) is 20.8. The largest absolute Gasteiger partial charge is 0.465 e. The van der Waals surface area contributed by atoms with Crippen molar-refractivity contribution in [3.05, 3.63) is 71.3 Å². The molecule has 0 aliphatic carbocycles. The van der Waals surface area contributed by atoms with Crippen LogP contribution >= 0.6 is 0 Å². The van der Waals surface area contributed by atoms with Crippen LogP contribution in [-0.2, 0) is 14.3 Å². The Morgan fingerprint density at radius 2 is 1.07 bits per heavy atom. The molecular formula is C21H27NO5. The summed E-state index contributed by atoms with van der Waals surface area (Å²) in [6.45, 7) is 3.61. The van der Waals surface area contributed by atoms with E-state index in [9.17, 15) is 14.4 Å². The summed E-state index contributed by atoms with van der Waals surface area (Å²) in [5, 5.41) is 0. The highest BCUT2D eigenvalue weighted by atomic mass is 16.5. The van der Waals surface area contributed by atoms with Gasteiger partial charge in [0.05, 0.1) is 25.3 Å². The minimum Gasteiger partial charge on any atom is -0.465 e. The molecule has 0 spiro atoms. The van der Waals surface area contributed by atoms with Crippen LogP contribution in [0.2, 0.25) is 0 Å². The number of carbonyl (C=O) groups is 3. The molecule has 2 rings (SSSR count). The Labute approximate surface area is 160 Å². The van der Waals surface area contributed by atoms with Gasteiger partial charge >= 0.3 is 11.9 Å². The van der Waals surface area contributed by atoms with Crippen molar-refractivity contribution in [3.8, 4) is 0 Å². The maximum absolute atomic E-state index is 11.2. The second kappa shape index (κ2) is 13.1. The van der Waals surface area contributed by atoms with E-state index in [1.807, 2.05) is 18.2 Å². The first-order chi connectivity index (χ1) is 12.7. The third-order valence-corrected chi connectivity index (χ3v) is 3.31. The molecule has 2 aromatic rings. The van der Waals surface area contributed by atoms with E-state index in [0.29, 0.717) is 0 Å². The van der Waals surface area contributed by atoms with Crippen molar-refractivity contribution in [1.82, 2.24) is 4.90 Å². The number of rotatable bonds is 2. The molecule has 0 fully saturated rings. The van der Waals surface area contributed by atoms with Crippen LogP contribution in [0.15, 0.2) is 54.6 Å². The fourth-order valence-electron chi connectivity index (χ4n) is 1.59. The first kappa shape index (κ1) is 23.9. The van der Waals surface area contributed by atoms with Crippen LogP contribution < -0.4 is 0 Å². The topological polar surface area (TPSA) is 72.9 Å². The average Bonchev–Trinajstić information content (AvgIpc) is 2.68. The van der Waals surface area contributed by atoms with Crippen molar-refractivity contribution in [2.45, 2.75) is 13.8 Å². The van der Waals surface area contributed by atoms with Crippen molar-refractivity contribution in [2.24, 2.45) is 0 Å². The number of aryl methyl sites for hydroxylation is 1. The maximum atomic E-state index is 11.2. The van der Waals surface area contributed by atoms with E-state index < -0.39 is 11.9 Å². The molecule has 0 saturated carbocycles. The quantitative estimate of drug-likeness (QED) is 0.755. The molecule has 0 aromatic heterocycles. The Bertz CT molecular complexity index is 691. The maximum Gasteiger partial charge on any atom is 0.338 e. The van der Waals surface area contributed by atoms with Gasteiger partial charge in [0.15, 0.2) is 0 Å². The molecule has 0 aliphatic heterocycles. The summed E-state index contributed by atoms with van der Waals surface area (Å²) in [5.74, 6) is -1.01. The number of esters is 2. The van der Waals surface area contributed by atoms with Gasteiger partial charge in [-0.15, -0.1) is 0 Å². The molecule has 0 atom stereocenters. The highest BCUT2D eigenvalue weighted by Gasteiger charge is 2.16. The third kappa shape index (κ3) is 9.79. The third-order valence-electron chi connectivity index (χ3n) is 3.31. The van der Waals surface area contributed by atoms with Gasteiger partial charge < -0.3 is 14.4 Å². The molecule has 1 amide bonds. The molecule has 0 unspecified atom stereocenters. The van der Waals surface area contributed by atoms with Crippen LogP contribution in [0.25, 0.3) is 0 Å². The molecular weight excluding hydrogens is 346 g/mol. The van der Waals surface area contributed by atoms with Crippen molar-refractivity contribution < 1.29 is 23.9 Å². The molecule has 27 heavy (non-hydrogen) atoms. The minimum absolute atomic E-state index is 0.0926. The van der Waals surface area contributed by atoms with Crippen molar-refractivity contribution >= 4 is 17.8 Å². The van der Waals surface area contributed by atoms with Gasteiger partial charge in [0.1, 0.15) is 0 Å². The van der Waals surface area contributed by atoms with E-state index in [-0.39, 0.29) is 17.0 Å². The van der Waals surface area contributed by atoms with Gasteiger partial charge in [-0.05, 0) is 19.1 Å². The molecule has 2 aromatic carbocycles. The van der Waals surface area contributed by atoms with E-state index >= 15 is 0 Å². The number of nitrogens with zero attached hydrogens (tertiary/aromatic N) is 1. The molecule has 0 bridgehead atoms. The summed E-state index contributed by atoms with van der Waals surface area (Å²) >= 11 is 0. The van der Waals surface area contributed by atoms with E-state index in [1.54, 1.807) is 26.2 Å². The van der Waals surface area contributed by atoms with Crippen LogP contribution in [0.5, 0.6) is 0 Å². The minimum atomic E-state index is -0.550. The lowest BCUT2D eigenvalue weighted by atomic mass is 10.1. The van der Waals surface area contributed by atoms with Crippen molar-refractivity contribution in [3.63, 3.8) is 0 Å². The Kier molecular flexibility index (Phi) is 11.6. The van der Waals surface area contributed by atoms with E-state index in [1.165, 1.54) is 43.7 Å². The normalized spacial score (nSPS) is 8.81. The number of carbonyl (C=O) groups excluding carboxylic acids is 3. The fourth-order valence-corrected chi connectivity index (χ4v) is 1.59. The first-order valence-corrected chi connectivity index (χ1v) is 8.19. The summed E-state index contributed by atoms with van der Waals surface area (Å²) < 4.78 is 9.05. The van der Waals surface area contributed by atoms with Gasteiger partial charge in [-0.2, -0.15) is 0 Å². The Hall–Kier alpha value is -3.15. The number of amides is 1. The molecule has 0 heterocycles. The predicted molar refractivity (Wildman–Crippen MR) is 105 cm³/mol. The zero-order valence-corrected chi connectivity index (χ0v) is 16.7. The lowest BCUT2D eigenvalue weighted by Crippen LogP contribution is -2.17. The van der Waals surface area contributed by atoms with Crippen LogP contribution in [0, 0.1) is 6.92 Å². The highest BCUT2D eigenvalue weighted by Crippen LogP contribution is 2.10. The first-order valence-electron chi connectivity index (χ1n) is 8.19. The highest BCUT2D eigenvalue weighted by molar-refractivity contribution is 6.03. The molecule has 0 saturated heterocycles. The number of ether oxygens (including phenoxy) is 2. The van der Waals surface area contributed by atoms with Crippen molar-refractivity contribution in [2.75, 3.05) is 28.3 Å². The predicted octanol–water partition coefficient (Wildman–Crippen LogP) is 3.35. The Morgan fingerprint density at radius 1 is 0.741 bits per heavy atom. The van der Waals surface area contributed by atoms with Gasteiger partial charge in [-0.3, -0.25) is 4.79 Å². The summed E-state index contributed by atoms with van der Waals surface area (Å²) in [7, 11) is 5.97. The molecule has 0 radical (unpaired) electrons.